The SMILES string of the molecule is CCCCCc1nnc(NC(=O)Cc2ccc(OC)c(OC)c2OC)s1. The van der Waals surface area contributed by atoms with Crippen LogP contribution < -0.4 is 19.5 Å². The van der Waals surface area contributed by atoms with Crippen LogP contribution in [0, 0.1) is 0 Å². The summed E-state index contributed by atoms with van der Waals surface area (Å²) in [6, 6.07) is 3.54. The molecule has 1 aromatic heterocycles. The smallest absolute Gasteiger partial charge is 0.230 e. The number of rotatable bonds is 10. The van der Waals surface area contributed by atoms with Gasteiger partial charge < -0.3 is 19.5 Å². The molecule has 1 N–H and O–H groups in total. The molecule has 0 unspecified atom stereocenters. The summed E-state index contributed by atoms with van der Waals surface area (Å²) in [6.07, 6.45) is 4.44. The fraction of sp³-hybridized carbons (Fsp3) is 0.500. The van der Waals surface area contributed by atoms with Crippen molar-refractivity contribution in [1.82, 2.24) is 10.2 Å². The van der Waals surface area contributed by atoms with E-state index in [1.807, 2.05) is 0 Å². The first-order valence-corrected chi connectivity index (χ1v) is 9.34. The van der Waals surface area contributed by atoms with Crippen molar-refractivity contribution in [2.24, 2.45) is 0 Å². The lowest BCUT2D eigenvalue weighted by molar-refractivity contribution is -0.115. The summed E-state index contributed by atoms with van der Waals surface area (Å²) in [5.74, 6) is 1.31. The van der Waals surface area contributed by atoms with Gasteiger partial charge in [0, 0.05) is 12.0 Å². The second-order valence-corrected chi connectivity index (χ2v) is 6.74. The number of nitrogens with zero attached hydrogens (tertiary/aromatic N) is 2. The molecular formula is C18H25N3O4S. The zero-order valence-electron chi connectivity index (χ0n) is 15.6. The Hall–Kier alpha value is -2.35. The Kier molecular flexibility index (Phi) is 7.65. The Morgan fingerprint density at radius 3 is 2.50 bits per heavy atom. The van der Waals surface area contributed by atoms with E-state index in [9.17, 15) is 4.79 Å². The molecule has 0 saturated heterocycles. The largest absolute Gasteiger partial charge is 0.493 e. The summed E-state index contributed by atoms with van der Waals surface area (Å²) in [5, 5.41) is 12.4. The van der Waals surface area contributed by atoms with Gasteiger partial charge in [-0.25, -0.2) is 0 Å². The highest BCUT2D eigenvalue weighted by atomic mass is 32.1. The van der Waals surface area contributed by atoms with Crippen LogP contribution in [0.15, 0.2) is 12.1 Å². The van der Waals surface area contributed by atoms with E-state index in [1.165, 1.54) is 32.0 Å². The molecule has 26 heavy (non-hydrogen) atoms. The van der Waals surface area contributed by atoms with E-state index >= 15 is 0 Å². The molecule has 1 aromatic carbocycles. The third-order valence-electron chi connectivity index (χ3n) is 3.84. The number of aryl methyl sites for hydroxylation is 1. The first kappa shape index (κ1) is 20.0. The molecule has 2 aromatic rings. The second-order valence-electron chi connectivity index (χ2n) is 5.68. The number of methoxy groups -OCH3 is 3. The predicted molar refractivity (Wildman–Crippen MR) is 102 cm³/mol. The number of carbonyl (C=O) groups excluding carboxylic acids is 1. The van der Waals surface area contributed by atoms with Gasteiger partial charge in [0.15, 0.2) is 11.5 Å². The number of hydrogen-bond acceptors (Lipinski definition) is 7. The molecule has 0 radical (unpaired) electrons. The lowest BCUT2D eigenvalue weighted by Crippen LogP contribution is -2.15. The highest BCUT2D eigenvalue weighted by molar-refractivity contribution is 7.15. The van der Waals surface area contributed by atoms with Gasteiger partial charge in [0.25, 0.3) is 0 Å². The second kappa shape index (κ2) is 9.96. The maximum Gasteiger partial charge on any atom is 0.230 e. The fourth-order valence-corrected chi connectivity index (χ4v) is 3.37. The van der Waals surface area contributed by atoms with Crippen LogP contribution in [0.4, 0.5) is 5.13 Å². The molecule has 1 heterocycles. The zero-order valence-corrected chi connectivity index (χ0v) is 16.4. The molecule has 0 aliphatic heterocycles. The number of benzene rings is 1. The monoisotopic (exact) mass is 379 g/mol. The third kappa shape index (κ3) is 5.08. The van der Waals surface area contributed by atoms with Crippen molar-refractivity contribution >= 4 is 22.4 Å². The van der Waals surface area contributed by atoms with Gasteiger partial charge in [-0.1, -0.05) is 37.2 Å². The molecule has 0 fully saturated rings. The number of hydrogen-bond donors (Lipinski definition) is 1. The number of aromatic nitrogens is 2. The van der Waals surface area contributed by atoms with Gasteiger partial charge in [-0.2, -0.15) is 0 Å². The van der Waals surface area contributed by atoms with E-state index in [0.29, 0.717) is 27.9 Å². The molecule has 0 spiro atoms. The summed E-state index contributed by atoms with van der Waals surface area (Å²) in [6.45, 7) is 2.16. The average Bonchev–Trinajstić information content (AvgIpc) is 3.08. The van der Waals surface area contributed by atoms with E-state index in [-0.39, 0.29) is 12.3 Å². The van der Waals surface area contributed by atoms with Crippen LogP contribution in [0.5, 0.6) is 17.2 Å². The molecular weight excluding hydrogens is 354 g/mol. The van der Waals surface area contributed by atoms with Crippen LogP contribution in [0.2, 0.25) is 0 Å². The minimum atomic E-state index is -0.188. The molecule has 2 rings (SSSR count). The first-order chi connectivity index (χ1) is 12.6. The molecule has 0 aliphatic rings. The summed E-state index contributed by atoms with van der Waals surface area (Å²) >= 11 is 1.42. The molecule has 0 aliphatic carbocycles. The van der Waals surface area contributed by atoms with Gasteiger partial charge in [-0.15, -0.1) is 10.2 Å². The molecule has 0 saturated carbocycles. The number of unbranched alkanes of at least 4 members (excludes halogenated alkanes) is 2. The van der Waals surface area contributed by atoms with Crippen LogP contribution >= 0.6 is 11.3 Å². The average molecular weight is 379 g/mol. The molecule has 1 amide bonds. The van der Waals surface area contributed by atoms with Gasteiger partial charge in [0.05, 0.1) is 27.8 Å². The Labute approximate surface area is 157 Å². The lowest BCUT2D eigenvalue weighted by Gasteiger charge is -2.15. The minimum absolute atomic E-state index is 0.133. The quantitative estimate of drug-likeness (QED) is 0.637. The first-order valence-electron chi connectivity index (χ1n) is 8.53. The molecule has 0 atom stereocenters. The molecule has 142 valence electrons. The minimum Gasteiger partial charge on any atom is -0.493 e. The van der Waals surface area contributed by atoms with Crippen molar-refractivity contribution in [1.29, 1.82) is 0 Å². The van der Waals surface area contributed by atoms with Crippen molar-refractivity contribution in [2.75, 3.05) is 26.6 Å². The number of ether oxygens (including phenoxy) is 3. The van der Waals surface area contributed by atoms with Crippen molar-refractivity contribution in [3.63, 3.8) is 0 Å². The van der Waals surface area contributed by atoms with Crippen molar-refractivity contribution in [3.8, 4) is 17.2 Å². The Balaban J connectivity index is 2.04. The van der Waals surface area contributed by atoms with Crippen LogP contribution in [0.25, 0.3) is 0 Å². The van der Waals surface area contributed by atoms with Crippen molar-refractivity contribution in [3.05, 3.63) is 22.7 Å². The number of amides is 1. The standard InChI is InChI=1S/C18H25N3O4S/c1-5-6-7-8-15-20-21-18(26-15)19-14(22)11-12-9-10-13(23-2)17(25-4)16(12)24-3/h9-10H,5-8,11H2,1-4H3,(H,19,21,22). The van der Waals surface area contributed by atoms with E-state index in [2.05, 4.69) is 22.4 Å². The summed E-state index contributed by atoms with van der Waals surface area (Å²) < 4.78 is 16.0. The topological polar surface area (TPSA) is 82.6 Å². The van der Waals surface area contributed by atoms with Crippen molar-refractivity contribution < 1.29 is 19.0 Å². The van der Waals surface area contributed by atoms with Gasteiger partial charge in [0.1, 0.15) is 5.01 Å². The Bertz CT molecular complexity index is 733. The highest BCUT2D eigenvalue weighted by Gasteiger charge is 2.18. The van der Waals surface area contributed by atoms with E-state index in [1.54, 1.807) is 19.2 Å². The van der Waals surface area contributed by atoms with Gasteiger partial charge in [-0.3, -0.25) is 4.79 Å². The fourth-order valence-electron chi connectivity index (χ4n) is 2.57. The maximum absolute atomic E-state index is 12.4. The van der Waals surface area contributed by atoms with Gasteiger partial charge in [-0.05, 0) is 12.5 Å². The molecule has 0 bridgehead atoms. The Morgan fingerprint density at radius 2 is 1.85 bits per heavy atom. The summed E-state index contributed by atoms with van der Waals surface area (Å²) in [4.78, 5) is 12.4. The van der Waals surface area contributed by atoms with Gasteiger partial charge >= 0.3 is 0 Å². The number of anilines is 1. The highest BCUT2D eigenvalue weighted by Crippen LogP contribution is 2.39. The van der Waals surface area contributed by atoms with Crippen LogP contribution in [0.3, 0.4) is 0 Å². The predicted octanol–water partition coefficient (Wildman–Crippen LogP) is 3.48. The Morgan fingerprint density at radius 1 is 1.08 bits per heavy atom. The zero-order chi connectivity index (χ0) is 18.9. The third-order valence-corrected chi connectivity index (χ3v) is 4.74. The van der Waals surface area contributed by atoms with Crippen LogP contribution in [-0.2, 0) is 17.6 Å². The lowest BCUT2D eigenvalue weighted by atomic mass is 10.1. The molecule has 8 heteroatoms. The van der Waals surface area contributed by atoms with E-state index in [0.717, 1.165) is 24.3 Å². The molecule has 7 nitrogen and oxygen atoms in total. The summed E-state index contributed by atoms with van der Waals surface area (Å²) in [7, 11) is 4.62. The normalized spacial score (nSPS) is 10.5. The van der Waals surface area contributed by atoms with Gasteiger partial charge in [0.2, 0.25) is 16.8 Å². The summed E-state index contributed by atoms with van der Waals surface area (Å²) in [5.41, 5.74) is 0.704. The van der Waals surface area contributed by atoms with Crippen LogP contribution in [-0.4, -0.2) is 37.4 Å². The number of nitrogens with one attached hydrogen (secondary N) is 1. The van der Waals surface area contributed by atoms with E-state index < -0.39 is 0 Å². The van der Waals surface area contributed by atoms with Crippen molar-refractivity contribution in [2.45, 2.75) is 39.0 Å². The van der Waals surface area contributed by atoms with Crippen LogP contribution in [0.1, 0.15) is 36.8 Å². The maximum atomic E-state index is 12.4. The number of carbonyl (C=O) groups is 1. The van der Waals surface area contributed by atoms with E-state index in [4.69, 9.17) is 14.2 Å².